The summed E-state index contributed by atoms with van der Waals surface area (Å²) in [7, 11) is 0. The van der Waals surface area contributed by atoms with Gasteiger partial charge in [-0.2, -0.15) is 0 Å². The molecule has 0 saturated heterocycles. The molecule has 6 nitrogen and oxygen atoms in total. The summed E-state index contributed by atoms with van der Waals surface area (Å²) in [5.41, 5.74) is 6.44. The number of halogens is 4. The molecule has 0 aliphatic rings. The number of phenolic OH excluding ortho intramolecular Hbond substituents is 1. The number of rotatable bonds is 5. The molecule has 26 heavy (non-hydrogen) atoms. The van der Waals surface area contributed by atoms with Crippen molar-refractivity contribution >= 4 is 96.3 Å². The fourth-order valence-corrected chi connectivity index (χ4v) is 5.72. The second kappa shape index (κ2) is 12.1. The Bertz CT molecular complexity index is 760. The molecule has 0 bridgehead atoms. The number of nitrogens with two attached hydrogens (primary N) is 1. The number of hydrogen-bond acceptors (Lipinski definition) is 4. The number of phenols is 1. The van der Waals surface area contributed by atoms with Crippen molar-refractivity contribution in [1.82, 2.24) is 0 Å². The molecule has 2 rings (SSSR count). The molecule has 0 aromatic heterocycles. The Kier molecular flexibility index (Phi) is 12.8. The molecule has 136 valence electrons. The average molecular weight is 818 g/mol. The van der Waals surface area contributed by atoms with Crippen molar-refractivity contribution in [2.45, 2.75) is 12.5 Å². The van der Waals surface area contributed by atoms with E-state index >= 15 is 0 Å². The summed E-state index contributed by atoms with van der Waals surface area (Å²) in [5.74, 6) is 0.549. The number of carboxylic acid groups (broad SMARTS) is 1. The van der Waals surface area contributed by atoms with Crippen LogP contribution in [0.15, 0.2) is 24.3 Å². The van der Waals surface area contributed by atoms with Crippen LogP contribution in [0.5, 0.6) is 17.2 Å². The molecule has 0 aliphatic carbocycles. The summed E-state index contributed by atoms with van der Waals surface area (Å²) in [6, 6.07) is 6.34. The molecule has 2 aromatic rings. The number of aromatic hydroxyl groups is 1. The maximum Gasteiger partial charge on any atom is 1.00 e. The van der Waals surface area contributed by atoms with Crippen LogP contribution in [-0.4, -0.2) is 27.7 Å². The van der Waals surface area contributed by atoms with Gasteiger partial charge < -0.3 is 26.2 Å². The number of carboxylic acids is 1. The van der Waals surface area contributed by atoms with Crippen LogP contribution in [-0.2, 0) is 11.2 Å². The molecule has 0 spiro atoms. The second-order valence-corrected chi connectivity index (χ2v) is 9.52. The summed E-state index contributed by atoms with van der Waals surface area (Å²) in [6.45, 7) is 0. The van der Waals surface area contributed by atoms with Crippen molar-refractivity contribution in [2.75, 3.05) is 0 Å². The SMILES string of the molecule is N[C@H](Cc1cc(I)c(Oc2cc(I)c(O)c(I)c2)c(I)c1)C(=O)O.O.[Na+]. The van der Waals surface area contributed by atoms with Crippen LogP contribution >= 0.6 is 90.4 Å². The normalized spacial score (nSPS) is 11.1. The molecule has 0 fully saturated rings. The predicted octanol–water partition coefficient (Wildman–Crippen LogP) is 0.737. The van der Waals surface area contributed by atoms with Gasteiger partial charge in [0.25, 0.3) is 0 Å². The van der Waals surface area contributed by atoms with Crippen LogP contribution in [0.2, 0.25) is 0 Å². The Morgan fingerprint density at radius 1 is 1.04 bits per heavy atom. The standard InChI is InChI=1S/C15H11I4NO4.Na.H2O/c16-8-4-7(5-9(17)13(8)21)24-14-10(18)1-6(2-11(14)19)3-12(20)15(22)23;;/h1-2,4-5,12,21H,3,20H2,(H,22,23);;1H2/q;+1;/t12-;;/m1../s1. The zero-order valence-corrected chi connectivity index (χ0v) is 24.0. The smallest absolute Gasteiger partial charge is 0.506 e. The summed E-state index contributed by atoms with van der Waals surface area (Å²) >= 11 is 8.42. The van der Waals surface area contributed by atoms with E-state index in [-0.39, 0.29) is 47.2 Å². The third-order valence-electron chi connectivity index (χ3n) is 3.04. The van der Waals surface area contributed by atoms with E-state index < -0.39 is 12.0 Å². The molecule has 11 heteroatoms. The van der Waals surface area contributed by atoms with Crippen LogP contribution in [0.1, 0.15) is 5.56 Å². The number of hydrogen-bond donors (Lipinski definition) is 3. The van der Waals surface area contributed by atoms with Crippen molar-refractivity contribution < 1.29 is 54.8 Å². The van der Waals surface area contributed by atoms with Crippen LogP contribution in [0.25, 0.3) is 0 Å². The van der Waals surface area contributed by atoms with Gasteiger partial charge in [-0.25, -0.2) is 0 Å². The van der Waals surface area contributed by atoms with Gasteiger partial charge in [0, 0.05) is 0 Å². The van der Waals surface area contributed by atoms with Gasteiger partial charge in [-0.3, -0.25) is 4.79 Å². The summed E-state index contributed by atoms with van der Waals surface area (Å²) in [4.78, 5) is 10.9. The number of benzene rings is 2. The van der Waals surface area contributed by atoms with Crippen LogP contribution < -0.4 is 40.0 Å². The molecule has 6 N–H and O–H groups in total. The predicted molar refractivity (Wildman–Crippen MR) is 128 cm³/mol. The molecular formula is C15H13I4NNaO5+. The molecule has 0 unspecified atom stereocenters. The first kappa shape index (κ1) is 27.4. The summed E-state index contributed by atoms with van der Waals surface area (Å²) < 4.78 is 9.14. The van der Waals surface area contributed by atoms with Gasteiger partial charge in [-0.05, 0) is 127 Å². The van der Waals surface area contributed by atoms with E-state index in [9.17, 15) is 9.90 Å². The van der Waals surface area contributed by atoms with Crippen molar-refractivity contribution in [3.05, 3.63) is 44.1 Å². The Balaban J connectivity index is 0.00000312. The first-order valence-electron chi connectivity index (χ1n) is 6.51. The Labute approximate surface area is 227 Å². The largest absolute Gasteiger partial charge is 1.00 e. The Morgan fingerprint density at radius 3 is 1.92 bits per heavy atom. The Hall–Kier alpha value is 1.35. The van der Waals surface area contributed by atoms with Crippen LogP contribution in [0.4, 0.5) is 0 Å². The van der Waals surface area contributed by atoms with E-state index in [1.54, 1.807) is 12.1 Å². The van der Waals surface area contributed by atoms with E-state index in [1.165, 1.54) is 0 Å². The maximum atomic E-state index is 10.9. The van der Waals surface area contributed by atoms with Crippen LogP contribution in [0, 0.1) is 14.3 Å². The number of ether oxygens (including phenoxy) is 1. The van der Waals surface area contributed by atoms with E-state index in [0.29, 0.717) is 18.6 Å². The fourth-order valence-electron chi connectivity index (χ4n) is 1.89. The van der Waals surface area contributed by atoms with Gasteiger partial charge in [-0.1, -0.05) is 0 Å². The number of carbonyl (C=O) groups is 1. The quantitative estimate of drug-likeness (QED) is 0.304. The first-order chi connectivity index (χ1) is 11.2. The van der Waals surface area contributed by atoms with Crippen molar-refractivity contribution in [3.63, 3.8) is 0 Å². The minimum absolute atomic E-state index is 0. The minimum atomic E-state index is -1.02. The van der Waals surface area contributed by atoms with Gasteiger partial charge in [0.2, 0.25) is 0 Å². The monoisotopic (exact) mass is 818 g/mol. The third kappa shape index (κ3) is 7.31. The summed E-state index contributed by atoms with van der Waals surface area (Å²) in [6.07, 6.45) is 0.261. The molecule has 0 aliphatic heterocycles. The zero-order valence-electron chi connectivity index (χ0n) is 13.4. The van der Waals surface area contributed by atoms with Crippen molar-refractivity contribution in [1.29, 1.82) is 0 Å². The van der Waals surface area contributed by atoms with Gasteiger partial charge in [0.15, 0.2) is 5.75 Å². The topological polar surface area (TPSA) is 124 Å². The molecule has 0 radical (unpaired) electrons. The summed E-state index contributed by atoms with van der Waals surface area (Å²) in [5, 5.41) is 18.8. The molecule has 1 atom stereocenters. The minimum Gasteiger partial charge on any atom is -0.506 e. The van der Waals surface area contributed by atoms with Crippen LogP contribution in [0.3, 0.4) is 0 Å². The van der Waals surface area contributed by atoms with Gasteiger partial charge in [0.05, 0.1) is 14.3 Å². The fraction of sp³-hybridized carbons (Fsp3) is 0.133. The molecule has 0 amide bonds. The molecular weight excluding hydrogens is 805 g/mol. The van der Waals surface area contributed by atoms with E-state index in [4.69, 9.17) is 15.6 Å². The Morgan fingerprint density at radius 2 is 1.50 bits per heavy atom. The molecule has 2 aromatic carbocycles. The van der Waals surface area contributed by atoms with Crippen molar-refractivity contribution in [2.24, 2.45) is 5.73 Å². The van der Waals surface area contributed by atoms with E-state index in [1.807, 2.05) is 12.1 Å². The average Bonchev–Trinajstić information content (AvgIpc) is 2.48. The van der Waals surface area contributed by atoms with Gasteiger partial charge in [-0.15, -0.1) is 0 Å². The third-order valence-corrected chi connectivity index (χ3v) is 6.29. The zero-order chi connectivity index (χ0) is 18.0. The van der Waals surface area contributed by atoms with E-state index in [0.717, 1.165) is 12.7 Å². The second-order valence-electron chi connectivity index (χ2n) is 4.88. The first-order valence-corrected chi connectivity index (χ1v) is 10.8. The van der Waals surface area contributed by atoms with Gasteiger partial charge >= 0.3 is 35.5 Å². The van der Waals surface area contributed by atoms with Crippen molar-refractivity contribution in [3.8, 4) is 17.2 Å². The van der Waals surface area contributed by atoms with Gasteiger partial charge in [0.1, 0.15) is 17.5 Å². The molecule has 0 saturated carbocycles. The molecule has 0 heterocycles. The van der Waals surface area contributed by atoms with E-state index in [2.05, 4.69) is 90.4 Å². The number of aliphatic carboxylic acids is 1. The maximum absolute atomic E-state index is 10.9.